The number of aromatic nitrogens is 1. The van der Waals surface area contributed by atoms with Gasteiger partial charge in [-0.1, -0.05) is 32.1 Å². The van der Waals surface area contributed by atoms with Gasteiger partial charge in [0.05, 0.1) is 45.5 Å². The largest absolute Gasteiger partial charge is 0.396 e. The first-order valence-corrected chi connectivity index (χ1v) is 25.0. The number of nitrogens with zero attached hydrogens (tertiary/aromatic N) is 2. The average Bonchev–Trinajstić information content (AvgIpc) is 3.83. The number of carbonyl (C=O) groups excluding carboxylic acids is 4. The SMILES string of the molecule is CC(C)(CO)C(O)C(=O)NCCCO.CCN(CC)C(=O)[C@@H]1C=C2c3cccc4[nH]cc(c34)C[C@H]2N(C)C1.NC(=O)CNCCO.NC(N)=O.NCCO.OCC1OC(OC2C(CO)OC(O)C(O)C2O)C(O)C(O)C1O.[SiH4]. The number of likely N-dealkylation sites (N-methyl/N-ethyl adjacent to an activating group) is 1. The van der Waals surface area contributed by atoms with Crippen molar-refractivity contribution in [3.05, 3.63) is 41.6 Å². The lowest BCUT2D eigenvalue weighted by molar-refractivity contribution is -0.355. The van der Waals surface area contributed by atoms with E-state index in [9.17, 15) is 55.2 Å². The molecular weight excluding hydrogens is 1050 g/mol. The van der Waals surface area contributed by atoms with Gasteiger partial charge in [0.2, 0.25) is 17.7 Å². The fourth-order valence-electron chi connectivity index (χ4n) is 8.06. The van der Waals surface area contributed by atoms with Crippen LogP contribution in [0.3, 0.4) is 0 Å². The van der Waals surface area contributed by atoms with Gasteiger partial charge in [0.15, 0.2) is 12.6 Å². The molecule has 29 nitrogen and oxygen atoms in total. The van der Waals surface area contributed by atoms with Crippen molar-refractivity contribution in [1.82, 2.24) is 25.4 Å². The first kappa shape index (κ1) is 73.6. The van der Waals surface area contributed by atoms with Crippen molar-refractivity contribution in [2.24, 2.45) is 34.3 Å². The van der Waals surface area contributed by atoms with E-state index >= 15 is 0 Å². The molecule has 78 heavy (non-hydrogen) atoms. The highest BCUT2D eigenvalue weighted by Gasteiger charge is 2.50. The second kappa shape index (κ2) is 37.5. The van der Waals surface area contributed by atoms with Gasteiger partial charge in [0, 0.05) is 74.4 Å². The predicted molar refractivity (Wildman–Crippen MR) is 288 cm³/mol. The third kappa shape index (κ3) is 22.3. The highest BCUT2D eigenvalue weighted by Crippen LogP contribution is 2.41. The molecule has 2 saturated heterocycles. The third-order valence-corrected chi connectivity index (χ3v) is 12.4. The van der Waals surface area contributed by atoms with E-state index < -0.39 is 104 Å². The number of aliphatic hydroxyl groups is 13. The first-order valence-electron chi connectivity index (χ1n) is 25.0. The Hall–Kier alpha value is -4.36. The highest BCUT2D eigenvalue weighted by molar-refractivity contribution is 5.99. The number of fused-ring (bicyclic) bond motifs is 2. The molecule has 452 valence electrons. The molecule has 0 radical (unpaired) electrons. The summed E-state index contributed by atoms with van der Waals surface area (Å²) < 4.78 is 15.3. The Kier molecular flexibility index (Phi) is 35.4. The minimum atomic E-state index is -1.74. The summed E-state index contributed by atoms with van der Waals surface area (Å²) in [4.78, 5) is 50.8. The van der Waals surface area contributed by atoms with Crippen LogP contribution >= 0.6 is 0 Å². The summed E-state index contributed by atoms with van der Waals surface area (Å²) in [6, 6.07) is 5.99. The van der Waals surface area contributed by atoms with Gasteiger partial charge in [0.1, 0.15) is 54.9 Å². The van der Waals surface area contributed by atoms with Crippen LogP contribution in [0.25, 0.3) is 16.5 Å². The number of nitrogens with one attached hydrogen (secondary N) is 3. The van der Waals surface area contributed by atoms with Gasteiger partial charge in [-0.25, -0.2) is 4.79 Å². The Bertz CT molecular complexity index is 2070. The number of hydrogen-bond donors (Lipinski definition) is 20. The normalized spacial score (nSPS) is 26.4. The molecule has 0 saturated carbocycles. The summed E-state index contributed by atoms with van der Waals surface area (Å²) >= 11 is 0. The maximum Gasteiger partial charge on any atom is 0.309 e. The fourth-order valence-corrected chi connectivity index (χ4v) is 8.06. The molecule has 4 aliphatic rings. The number of aromatic amines is 1. The van der Waals surface area contributed by atoms with E-state index in [1.165, 1.54) is 27.6 Å². The number of rotatable bonds is 18. The molecule has 30 heteroatoms. The van der Waals surface area contributed by atoms with E-state index in [1.54, 1.807) is 13.8 Å². The molecule has 5 amide bonds. The molecule has 2 fully saturated rings. The van der Waals surface area contributed by atoms with Crippen molar-refractivity contribution in [1.29, 1.82) is 0 Å². The molecule has 2 aromatic rings. The van der Waals surface area contributed by atoms with Crippen LogP contribution in [0.15, 0.2) is 30.5 Å². The zero-order valence-electron chi connectivity index (χ0n) is 44.4. The Morgan fingerprint density at radius 3 is 1.97 bits per heavy atom. The first-order chi connectivity index (χ1) is 36.3. The number of hydrogen-bond acceptors (Lipinski definition) is 23. The molecule has 6 rings (SSSR count). The summed E-state index contributed by atoms with van der Waals surface area (Å²) in [6.45, 7) is 9.45. The molecule has 1 aromatic carbocycles. The minimum absolute atomic E-state index is 0. The van der Waals surface area contributed by atoms with Crippen LogP contribution in [0.1, 0.15) is 45.2 Å². The molecule has 1 aromatic heterocycles. The number of amides is 5. The van der Waals surface area contributed by atoms with Gasteiger partial charge in [-0.15, -0.1) is 0 Å². The number of carbonyl (C=O) groups is 4. The second-order valence-corrected chi connectivity index (χ2v) is 18.7. The van der Waals surface area contributed by atoms with E-state index in [0.717, 1.165) is 26.1 Å². The van der Waals surface area contributed by atoms with Crippen molar-refractivity contribution in [2.45, 2.75) is 114 Å². The standard InChI is InChI=1S/C20H25N3O.C12H22O11.C9H19NO4.C4H10N2O2.C2H7NO.CH4N2O.H4Si/c1-4-23(5-2)20(24)14-9-16-15-7-6-8-17-19(15)13(11-21-17)10-18(16)22(3)12-14;13-1-3-5(15)6(16)9(19)12(22-3)23-10-4(2-14)21-11(20)8(18)7(10)17;1-9(2,6-12)7(13)8(14)10-4-3-5-11;5-4(8)3-6-1-2-7;3-1-2-4;2-1(3)4;/h6-9,11,14,18,21H,4-5,10,12H2,1-3H3;3-20H,1-2H2;7,11-13H,3-6H2,1-2H3,(H,10,14);6-7H,1-3H2,(H2,5,8);4H,1-3H2;(H4,2,3,4);1H4/t14-,18-;;;;;;/m1....../s1. The minimum Gasteiger partial charge on any atom is -0.396 e. The summed E-state index contributed by atoms with van der Waals surface area (Å²) in [5, 5.41) is 126. The zero-order chi connectivity index (χ0) is 58.7. The fraction of sp³-hybridized carbons (Fsp3) is 0.708. The van der Waals surface area contributed by atoms with E-state index in [0.29, 0.717) is 32.1 Å². The van der Waals surface area contributed by atoms with Crippen LogP contribution in [-0.4, -0.2) is 282 Å². The van der Waals surface area contributed by atoms with E-state index in [1.807, 2.05) is 4.90 Å². The van der Waals surface area contributed by atoms with Crippen LogP contribution in [-0.2, 0) is 35.0 Å². The van der Waals surface area contributed by atoms with E-state index in [4.69, 9.17) is 56.0 Å². The summed E-state index contributed by atoms with van der Waals surface area (Å²) in [7, 11) is 2.15. The second-order valence-electron chi connectivity index (χ2n) is 18.7. The summed E-state index contributed by atoms with van der Waals surface area (Å²) in [5.74, 6) is -0.710. The van der Waals surface area contributed by atoms with Gasteiger partial charge >= 0.3 is 6.03 Å². The van der Waals surface area contributed by atoms with Crippen molar-refractivity contribution in [3.8, 4) is 0 Å². The number of benzene rings is 1. The molecule has 3 aliphatic heterocycles. The number of H-pyrrole nitrogens is 1. The van der Waals surface area contributed by atoms with Crippen LogP contribution in [0, 0.1) is 11.3 Å². The third-order valence-electron chi connectivity index (χ3n) is 12.4. The van der Waals surface area contributed by atoms with Gasteiger partial charge in [-0.05, 0) is 67.5 Å². The number of urea groups is 1. The lowest BCUT2D eigenvalue weighted by Gasteiger charge is -2.45. The molecule has 11 unspecified atom stereocenters. The lowest BCUT2D eigenvalue weighted by atomic mass is 9.79. The van der Waals surface area contributed by atoms with Crippen LogP contribution < -0.4 is 33.6 Å². The van der Waals surface area contributed by atoms with Crippen LogP contribution in [0.2, 0.25) is 0 Å². The van der Waals surface area contributed by atoms with Gasteiger partial charge in [-0.3, -0.25) is 19.3 Å². The molecule has 1 aliphatic carbocycles. The highest BCUT2D eigenvalue weighted by atomic mass is 28.1. The topological polar surface area (TPSA) is 509 Å². The van der Waals surface area contributed by atoms with Crippen molar-refractivity contribution in [3.63, 3.8) is 0 Å². The van der Waals surface area contributed by atoms with Crippen molar-refractivity contribution < 1.29 is 99.8 Å². The van der Waals surface area contributed by atoms with E-state index in [2.05, 4.69) is 83.4 Å². The Labute approximate surface area is 457 Å². The Balaban J connectivity index is 0.00000102. The Morgan fingerprint density at radius 2 is 1.46 bits per heavy atom. The van der Waals surface area contributed by atoms with Gasteiger partial charge < -0.3 is 124 Å². The van der Waals surface area contributed by atoms with Crippen molar-refractivity contribution in [2.75, 3.05) is 92.5 Å². The molecule has 0 spiro atoms. The molecule has 4 heterocycles. The van der Waals surface area contributed by atoms with Gasteiger partial charge in [-0.2, -0.15) is 0 Å². The quantitative estimate of drug-likeness (QED) is 0.0487. The Morgan fingerprint density at radius 1 is 0.859 bits per heavy atom. The van der Waals surface area contributed by atoms with Gasteiger partial charge in [0.25, 0.3) is 0 Å². The maximum absolute atomic E-state index is 12.9. The summed E-state index contributed by atoms with van der Waals surface area (Å²) in [5.41, 5.74) is 22.4. The smallest absolute Gasteiger partial charge is 0.309 e. The number of nitrogens with two attached hydrogens (primary N) is 4. The number of ether oxygens (including phenoxy) is 3. The van der Waals surface area contributed by atoms with Crippen molar-refractivity contribution >= 4 is 51.2 Å². The zero-order valence-corrected chi connectivity index (χ0v) is 44.4. The van der Waals surface area contributed by atoms with Crippen LogP contribution in [0.4, 0.5) is 4.79 Å². The lowest BCUT2D eigenvalue weighted by Crippen LogP contribution is -2.64. The average molecular weight is 1140 g/mol. The summed E-state index contributed by atoms with van der Waals surface area (Å²) in [6.07, 6.45) is -10.9. The molecular formula is C48H91N9O20Si. The number of aliphatic hydroxyl groups excluding tert-OH is 13. The molecule has 0 bridgehead atoms. The molecule has 13 atom stereocenters. The number of primary amides is 3. The maximum atomic E-state index is 12.9. The van der Waals surface area contributed by atoms with E-state index in [-0.39, 0.29) is 55.8 Å². The van der Waals surface area contributed by atoms with Crippen LogP contribution in [0.5, 0.6) is 0 Å². The predicted octanol–water partition coefficient (Wildman–Crippen LogP) is -9.06. The molecule has 24 N–H and O–H groups in total. The monoisotopic (exact) mass is 1140 g/mol.